The van der Waals surface area contributed by atoms with Gasteiger partial charge in [0.15, 0.2) is 5.41 Å². The number of carbonyl (C=O) groups excluding carboxylic acids is 2. The van der Waals surface area contributed by atoms with Crippen molar-refractivity contribution in [3.8, 4) is 0 Å². The summed E-state index contributed by atoms with van der Waals surface area (Å²) < 4.78 is 10.2. The number of thiazole rings is 1. The van der Waals surface area contributed by atoms with Crippen molar-refractivity contribution in [3.05, 3.63) is 16.1 Å². The quantitative estimate of drug-likeness (QED) is 0.572. The zero-order chi connectivity index (χ0) is 15.2. The number of aryl methyl sites for hydroxylation is 1. The van der Waals surface area contributed by atoms with Gasteiger partial charge in [0, 0.05) is 17.5 Å². The maximum absolute atomic E-state index is 12.3. The van der Waals surface area contributed by atoms with Crippen LogP contribution in [0.3, 0.4) is 0 Å². The van der Waals surface area contributed by atoms with Crippen molar-refractivity contribution >= 4 is 23.3 Å². The van der Waals surface area contributed by atoms with E-state index in [-0.39, 0.29) is 19.6 Å². The molecule has 0 amide bonds. The smallest absolute Gasteiger partial charge is 0.323 e. The summed E-state index contributed by atoms with van der Waals surface area (Å²) >= 11 is 1.44. The molecule has 0 aliphatic heterocycles. The molecule has 0 aromatic carbocycles. The minimum absolute atomic E-state index is 0.222. The number of hydrogen-bond donors (Lipinski definition) is 0. The van der Waals surface area contributed by atoms with Gasteiger partial charge < -0.3 is 9.47 Å². The molecule has 0 spiro atoms. The summed E-state index contributed by atoms with van der Waals surface area (Å²) in [6, 6.07) is 0. The van der Waals surface area contributed by atoms with Crippen molar-refractivity contribution in [3.63, 3.8) is 0 Å². The van der Waals surface area contributed by atoms with Gasteiger partial charge in [-0.15, -0.1) is 11.3 Å². The second-order valence-electron chi connectivity index (χ2n) is 4.44. The van der Waals surface area contributed by atoms with Crippen molar-refractivity contribution in [2.75, 3.05) is 13.2 Å². The van der Waals surface area contributed by atoms with E-state index in [9.17, 15) is 9.59 Å². The van der Waals surface area contributed by atoms with Crippen LogP contribution in [0, 0.1) is 12.3 Å². The van der Waals surface area contributed by atoms with Gasteiger partial charge in [-0.3, -0.25) is 9.59 Å². The van der Waals surface area contributed by atoms with Gasteiger partial charge in [0.1, 0.15) is 0 Å². The highest BCUT2D eigenvalue weighted by molar-refractivity contribution is 7.09. The summed E-state index contributed by atoms with van der Waals surface area (Å²) in [4.78, 5) is 28.9. The molecule has 1 heterocycles. The molecule has 0 unspecified atom stereocenters. The topological polar surface area (TPSA) is 65.5 Å². The van der Waals surface area contributed by atoms with Crippen LogP contribution in [0.15, 0.2) is 5.38 Å². The third kappa shape index (κ3) is 3.56. The average Bonchev–Trinajstić information content (AvgIpc) is 2.81. The van der Waals surface area contributed by atoms with Gasteiger partial charge in [0.25, 0.3) is 0 Å². The zero-order valence-electron chi connectivity index (χ0n) is 12.4. The molecule has 0 fully saturated rings. The number of aromatic nitrogens is 1. The molecule has 1 aromatic rings. The lowest BCUT2D eigenvalue weighted by Crippen LogP contribution is -2.43. The van der Waals surface area contributed by atoms with Crippen LogP contribution in [0.5, 0.6) is 0 Å². The Labute approximate surface area is 123 Å². The van der Waals surface area contributed by atoms with E-state index in [4.69, 9.17) is 9.47 Å². The van der Waals surface area contributed by atoms with Crippen LogP contribution >= 0.6 is 11.3 Å². The maximum Gasteiger partial charge on any atom is 0.323 e. The summed E-state index contributed by atoms with van der Waals surface area (Å²) in [5.74, 6) is -1.07. The predicted octanol–water partition coefficient (Wildman–Crippen LogP) is 2.52. The highest BCUT2D eigenvalue weighted by atomic mass is 32.1. The monoisotopic (exact) mass is 299 g/mol. The summed E-state index contributed by atoms with van der Waals surface area (Å²) in [7, 11) is 0. The molecule has 20 heavy (non-hydrogen) atoms. The van der Waals surface area contributed by atoms with E-state index in [1.165, 1.54) is 11.3 Å². The van der Waals surface area contributed by atoms with E-state index in [1.54, 1.807) is 20.8 Å². The van der Waals surface area contributed by atoms with Crippen molar-refractivity contribution in [1.29, 1.82) is 0 Å². The van der Waals surface area contributed by atoms with Gasteiger partial charge in [-0.2, -0.15) is 0 Å². The molecular formula is C14H21NO4S. The first-order chi connectivity index (χ1) is 9.50. The van der Waals surface area contributed by atoms with Gasteiger partial charge in [-0.1, -0.05) is 6.92 Å². The molecule has 0 N–H and O–H groups in total. The number of hydrogen-bond acceptors (Lipinski definition) is 6. The Morgan fingerprint density at radius 3 is 2.10 bits per heavy atom. The normalized spacial score (nSPS) is 11.2. The lowest BCUT2D eigenvalue weighted by Gasteiger charge is -2.27. The second kappa shape index (κ2) is 7.38. The first-order valence-electron chi connectivity index (χ1n) is 6.75. The fourth-order valence-corrected chi connectivity index (χ4v) is 2.81. The molecule has 0 atom stereocenters. The number of esters is 2. The van der Waals surface area contributed by atoms with Crippen molar-refractivity contribution in [1.82, 2.24) is 4.98 Å². The van der Waals surface area contributed by atoms with Crippen molar-refractivity contribution in [2.45, 2.75) is 40.5 Å². The van der Waals surface area contributed by atoms with Crippen LogP contribution in [-0.4, -0.2) is 30.1 Å². The summed E-state index contributed by atoms with van der Waals surface area (Å²) in [6.45, 7) is 7.57. The Morgan fingerprint density at radius 1 is 1.20 bits per heavy atom. The molecule has 0 aliphatic carbocycles. The van der Waals surface area contributed by atoms with E-state index in [1.807, 2.05) is 12.3 Å². The molecule has 6 heteroatoms. The Kier molecular flexibility index (Phi) is 6.13. The molecule has 0 aliphatic rings. The van der Waals surface area contributed by atoms with Crippen LogP contribution in [0.1, 0.15) is 37.9 Å². The summed E-state index contributed by atoms with van der Waals surface area (Å²) in [6.07, 6.45) is 0.545. The number of nitrogens with zero attached hydrogens (tertiary/aromatic N) is 1. The number of carbonyl (C=O) groups is 2. The summed E-state index contributed by atoms with van der Waals surface area (Å²) in [5.41, 5.74) is -0.418. The van der Waals surface area contributed by atoms with Gasteiger partial charge in [-0.05, 0) is 27.2 Å². The van der Waals surface area contributed by atoms with E-state index >= 15 is 0 Å². The molecule has 0 saturated heterocycles. The number of rotatable bonds is 7. The van der Waals surface area contributed by atoms with E-state index in [0.29, 0.717) is 6.42 Å². The number of ether oxygens (including phenoxy) is 2. The third-order valence-electron chi connectivity index (χ3n) is 3.06. The molecule has 1 aromatic heterocycles. The Hall–Kier alpha value is -1.43. The average molecular weight is 299 g/mol. The van der Waals surface area contributed by atoms with Gasteiger partial charge in [0.05, 0.1) is 18.2 Å². The molecule has 0 saturated carbocycles. The SMILES string of the molecule is CCOC(=O)C(CC)(Cc1nc(C)cs1)C(=O)OCC. The van der Waals surface area contributed by atoms with Gasteiger partial charge in [-0.25, -0.2) is 4.98 Å². The van der Waals surface area contributed by atoms with Gasteiger partial charge >= 0.3 is 11.9 Å². The van der Waals surface area contributed by atoms with Crippen LogP contribution in [-0.2, 0) is 25.5 Å². The highest BCUT2D eigenvalue weighted by Crippen LogP contribution is 2.32. The minimum Gasteiger partial charge on any atom is -0.465 e. The molecule has 1 rings (SSSR count). The standard InChI is InChI=1S/C14H21NO4S/c1-5-14(12(16)18-6-2,13(17)19-7-3)8-11-15-10(4)9-20-11/h9H,5-8H2,1-4H3. The molecule has 112 valence electrons. The fraction of sp³-hybridized carbons (Fsp3) is 0.643. The predicted molar refractivity (Wildman–Crippen MR) is 76.5 cm³/mol. The maximum atomic E-state index is 12.3. The lowest BCUT2D eigenvalue weighted by molar-refractivity contribution is -0.172. The zero-order valence-corrected chi connectivity index (χ0v) is 13.2. The molecule has 0 bridgehead atoms. The van der Waals surface area contributed by atoms with Crippen LogP contribution in [0.4, 0.5) is 0 Å². The van der Waals surface area contributed by atoms with E-state index < -0.39 is 17.4 Å². The van der Waals surface area contributed by atoms with Crippen LogP contribution in [0.25, 0.3) is 0 Å². The Morgan fingerprint density at radius 2 is 1.75 bits per heavy atom. The van der Waals surface area contributed by atoms with Gasteiger partial charge in [0.2, 0.25) is 0 Å². The van der Waals surface area contributed by atoms with Crippen LogP contribution in [0.2, 0.25) is 0 Å². The molecule has 0 radical (unpaired) electrons. The molecular weight excluding hydrogens is 278 g/mol. The van der Waals surface area contributed by atoms with E-state index in [2.05, 4.69) is 4.98 Å². The van der Waals surface area contributed by atoms with Crippen molar-refractivity contribution < 1.29 is 19.1 Å². The van der Waals surface area contributed by atoms with Crippen molar-refractivity contribution in [2.24, 2.45) is 5.41 Å². The first kappa shape index (κ1) is 16.6. The lowest BCUT2D eigenvalue weighted by atomic mass is 9.82. The Balaban J connectivity index is 3.09. The Bertz CT molecular complexity index is 451. The first-order valence-corrected chi connectivity index (χ1v) is 7.63. The summed E-state index contributed by atoms with van der Waals surface area (Å²) in [5, 5.41) is 2.64. The third-order valence-corrected chi connectivity index (χ3v) is 4.02. The van der Waals surface area contributed by atoms with Crippen LogP contribution < -0.4 is 0 Å². The fourth-order valence-electron chi connectivity index (χ4n) is 1.92. The highest BCUT2D eigenvalue weighted by Gasteiger charge is 2.48. The second-order valence-corrected chi connectivity index (χ2v) is 5.38. The molecule has 5 nitrogen and oxygen atoms in total. The minimum atomic E-state index is -1.30. The largest absolute Gasteiger partial charge is 0.465 e. The van der Waals surface area contributed by atoms with E-state index in [0.717, 1.165) is 10.7 Å².